The lowest BCUT2D eigenvalue weighted by Gasteiger charge is -2.17. The van der Waals surface area contributed by atoms with E-state index in [0.717, 1.165) is 10.6 Å². The SMILES string of the molecule is CCN(CCCC(F)(F)F)S(C)(=O)=O. The smallest absolute Gasteiger partial charge is 0.213 e. The van der Waals surface area contributed by atoms with Crippen LogP contribution in [0.25, 0.3) is 0 Å². The molecule has 0 atom stereocenters. The van der Waals surface area contributed by atoms with Gasteiger partial charge in [0.15, 0.2) is 0 Å². The Kier molecular flexibility index (Phi) is 4.87. The highest BCUT2D eigenvalue weighted by atomic mass is 32.2. The van der Waals surface area contributed by atoms with Crippen molar-refractivity contribution in [3.8, 4) is 0 Å². The van der Waals surface area contributed by atoms with E-state index in [4.69, 9.17) is 0 Å². The fourth-order valence-corrected chi connectivity index (χ4v) is 1.94. The Hall–Kier alpha value is -0.300. The van der Waals surface area contributed by atoms with E-state index in [0.29, 0.717) is 0 Å². The summed E-state index contributed by atoms with van der Waals surface area (Å²) >= 11 is 0. The van der Waals surface area contributed by atoms with Crippen LogP contribution < -0.4 is 0 Å². The number of sulfonamides is 1. The molecule has 0 fully saturated rings. The zero-order chi connectivity index (χ0) is 11.4. The number of hydrogen-bond acceptors (Lipinski definition) is 2. The number of hydrogen-bond donors (Lipinski definition) is 0. The maximum Gasteiger partial charge on any atom is 0.389 e. The van der Waals surface area contributed by atoms with Crippen molar-refractivity contribution in [2.75, 3.05) is 19.3 Å². The van der Waals surface area contributed by atoms with Gasteiger partial charge in [-0.25, -0.2) is 12.7 Å². The minimum absolute atomic E-state index is 0.0746. The molecule has 0 heterocycles. The molecule has 3 nitrogen and oxygen atoms in total. The van der Waals surface area contributed by atoms with Crippen LogP contribution in [0.3, 0.4) is 0 Å². The van der Waals surface area contributed by atoms with Gasteiger partial charge in [0.25, 0.3) is 0 Å². The lowest BCUT2D eigenvalue weighted by Crippen LogP contribution is -2.31. The van der Waals surface area contributed by atoms with Gasteiger partial charge in [0, 0.05) is 19.5 Å². The summed E-state index contributed by atoms with van der Waals surface area (Å²) in [4.78, 5) is 0. The first kappa shape index (κ1) is 13.7. The Bertz CT molecular complexity index is 261. The Labute approximate surface area is 81.9 Å². The first-order valence-corrected chi connectivity index (χ1v) is 6.03. The van der Waals surface area contributed by atoms with E-state index < -0.39 is 22.6 Å². The third-order valence-electron chi connectivity index (χ3n) is 1.69. The summed E-state index contributed by atoms with van der Waals surface area (Å²) in [5.74, 6) is 0. The Morgan fingerprint density at radius 1 is 1.29 bits per heavy atom. The molecule has 0 aromatic heterocycles. The van der Waals surface area contributed by atoms with Crippen molar-refractivity contribution in [3.63, 3.8) is 0 Å². The molecule has 0 radical (unpaired) electrons. The van der Waals surface area contributed by atoms with Crippen LogP contribution in [-0.2, 0) is 10.0 Å². The van der Waals surface area contributed by atoms with Crippen LogP contribution in [0.2, 0.25) is 0 Å². The molecule has 0 N–H and O–H groups in total. The van der Waals surface area contributed by atoms with Crippen molar-refractivity contribution in [1.82, 2.24) is 4.31 Å². The zero-order valence-corrected chi connectivity index (χ0v) is 8.95. The van der Waals surface area contributed by atoms with Crippen molar-refractivity contribution in [2.24, 2.45) is 0 Å². The molecule has 0 amide bonds. The van der Waals surface area contributed by atoms with Gasteiger partial charge in [-0.3, -0.25) is 0 Å². The molecular weight excluding hydrogens is 219 g/mol. The summed E-state index contributed by atoms with van der Waals surface area (Å²) in [6.07, 6.45) is -4.36. The predicted molar refractivity (Wildman–Crippen MR) is 47.4 cm³/mol. The van der Waals surface area contributed by atoms with Gasteiger partial charge in [-0.1, -0.05) is 6.92 Å². The van der Waals surface area contributed by atoms with Crippen LogP contribution >= 0.6 is 0 Å². The summed E-state index contributed by atoms with van der Waals surface area (Å²) < 4.78 is 58.2. The second kappa shape index (κ2) is 4.97. The van der Waals surface area contributed by atoms with Crippen LogP contribution in [-0.4, -0.2) is 38.2 Å². The van der Waals surface area contributed by atoms with Crippen molar-refractivity contribution >= 4 is 10.0 Å². The van der Waals surface area contributed by atoms with Gasteiger partial charge < -0.3 is 0 Å². The second-order valence-electron chi connectivity index (χ2n) is 2.97. The third kappa shape index (κ3) is 6.20. The molecule has 0 aromatic rings. The molecule has 0 bridgehead atoms. The van der Waals surface area contributed by atoms with Crippen molar-refractivity contribution < 1.29 is 21.6 Å². The topological polar surface area (TPSA) is 37.4 Å². The molecule has 0 spiro atoms. The molecule has 0 aliphatic carbocycles. The molecule has 0 unspecified atom stereocenters. The van der Waals surface area contributed by atoms with Gasteiger partial charge in [-0.05, 0) is 6.42 Å². The molecule has 0 rings (SSSR count). The lowest BCUT2D eigenvalue weighted by atomic mass is 10.3. The molecular formula is C7H14F3NO2S. The predicted octanol–water partition coefficient (Wildman–Crippen LogP) is 1.61. The Morgan fingerprint density at radius 3 is 2.07 bits per heavy atom. The molecule has 0 saturated carbocycles. The van der Waals surface area contributed by atoms with Crippen LogP contribution in [0.5, 0.6) is 0 Å². The quantitative estimate of drug-likeness (QED) is 0.723. The average molecular weight is 233 g/mol. The molecule has 0 aromatic carbocycles. The lowest BCUT2D eigenvalue weighted by molar-refractivity contribution is -0.135. The van der Waals surface area contributed by atoms with Crippen molar-refractivity contribution in [3.05, 3.63) is 0 Å². The van der Waals surface area contributed by atoms with E-state index in [1.165, 1.54) is 0 Å². The van der Waals surface area contributed by atoms with E-state index in [9.17, 15) is 21.6 Å². The van der Waals surface area contributed by atoms with Crippen molar-refractivity contribution in [1.29, 1.82) is 0 Å². The highest BCUT2D eigenvalue weighted by Gasteiger charge is 2.27. The normalized spacial score (nSPS) is 13.6. The number of alkyl halides is 3. The molecule has 14 heavy (non-hydrogen) atoms. The maximum absolute atomic E-state index is 11.7. The van der Waals surface area contributed by atoms with Gasteiger partial charge in [-0.15, -0.1) is 0 Å². The summed E-state index contributed by atoms with van der Waals surface area (Å²) in [5.41, 5.74) is 0. The summed E-state index contributed by atoms with van der Waals surface area (Å²) in [6, 6.07) is 0. The van der Waals surface area contributed by atoms with E-state index in [1.54, 1.807) is 6.92 Å². The number of rotatable bonds is 5. The van der Waals surface area contributed by atoms with Gasteiger partial charge in [-0.2, -0.15) is 13.2 Å². The van der Waals surface area contributed by atoms with E-state index in [1.807, 2.05) is 0 Å². The second-order valence-corrected chi connectivity index (χ2v) is 4.96. The highest BCUT2D eigenvalue weighted by Crippen LogP contribution is 2.21. The average Bonchev–Trinajstić information content (AvgIpc) is 1.93. The van der Waals surface area contributed by atoms with Crippen LogP contribution in [0.15, 0.2) is 0 Å². The van der Waals surface area contributed by atoms with Crippen molar-refractivity contribution in [2.45, 2.75) is 25.9 Å². The summed E-state index contributed by atoms with van der Waals surface area (Å²) in [5, 5.41) is 0. The zero-order valence-electron chi connectivity index (χ0n) is 8.13. The molecule has 7 heteroatoms. The fraction of sp³-hybridized carbons (Fsp3) is 1.00. The van der Waals surface area contributed by atoms with E-state index in [2.05, 4.69) is 0 Å². The number of nitrogens with zero attached hydrogens (tertiary/aromatic N) is 1. The van der Waals surface area contributed by atoms with Gasteiger partial charge in [0.05, 0.1) is 6.26 Å². The van der Waals surface area contributed by atoms with E-state index in [-0.39, 0.29) is 19.5 Å². The molecule has 86 valence electrons. The first-order chi connectivity index (χ1) is 6.17. The summed E-state index contributed by atoms with van der Waals surface area (Å²) in [6.45, 7) is 1.72. The van der Waals surface area contributed by atoms with E-state index >= 15 is 0 Å². The largest absolute Gasteiger partial charge is 0.389 e. The first-order valence-electron chi connectivity index (χ1n) is 4.18. The van der Waals surface area contributed by atoms with Crippen LogP contribution in [0.1, 0.15) is 19.8 Å². The minimum atomic E-state index is -4.21. The molecule has 0 aliphatic rings. The number of halogens is 3. The Morgan fingerprint density at radius 2 is 1.79 bits per heavy atom. The molecule has 0 saturated heterocycles. The van der Waals surface area contributed by atoms with Gasteiger partial charge >= 0.3 is 6.18 Å². The summed E-state index contributed by atoms with van der Waals surface area (Å²) in [7, 11) is -3.37. The van der Waals surface area contributed by atoms with Gasteiger partial charge in [0.1, 0.15) is 0 Å². The Balaban J connectivity index is 4.00. The fourth-order valence-electron chi connectivity index (χ4n) is 1.01. The van der Waals surface area contributed by atoms with Crippen LogP contribution in [0, 0.1) is 0 Å². The maximum atomic E-state index is 11.7. The highest BCUT2D eigenvalue weighted by molar-refractivity contribution is 7.88. The third-order valence-corrected chi connectivity index (χ3v) is 3.07. The minimum Gasteiger partial charge on any atom is -0.213 e. The standard InChI is InChI=1S/C7H14F3NO2S/c1-3-11(14(2,12)13)6-4-5-7(8,9)10/h3-6H2,1-2H3. The monoisotopic (exact) mass is 233 g/mol. The molecule has 0 aliphatic heterocycles. The van der Waals surface area contributed by atoms with Crippen LogP contribution in [0.4, 0.5) is 13.2 Å². The van der Waals surface area contributed by atoms with Gasteiger partial charge in [0.2, 0.25) is 10.0 Å².